The van der Waals surface area contributed by atoms with Crippen molar-refractivity contribution >= 4 is 16.3 Å². The second-order valence-electron chi connectivity index (χ2n) is 4.80. The Morgan fingerprint density at radius 3 is 2.89 bits per heavy atom. The van der Waals surface area contributed by atoms with Crippen LogP contribution in [0.4, 0.5) is 4.39 Å². The Morgan fingerprint density at radius 2 is 2.16 bits per heavy atom. The number of halogens is 1. The van der Waals surface area contributed by atoms with Crippen molar-refractivity contribution in [2.24, 2.45) is 0 Å². The van der Waals surface area contributed by atoms with Gasteiger partial charge in [-0.3, -0.25) is 0 Å². The molecule has 0 spiro atoms. The highest BCUT2D eigenvalue weighted by Gasteiger charge is 2.25. The van der Waals surface area contributed by atoms with Crippen LogP contribution in [0.3, 0.4) is 0 Å². The van der Waals surface area contributed by atoms with Crippen LogP contribution in [-0.4, -0.2) is 19.8 Å². The van der Waals surface area contributed by atoms with Crippen LogP contribution >= 0.6 is 11.3 Å². The summed E-state index contributed by atoms with van der Waals surface area (Å²) in [6.45, 7) is 0. The Balaban J connectivity index is 1.83. The summed E-state index contributed by atoms with van der Waals surface area (Å²) in [4.78, 5) is 0.779. The fraction of sp³-hybridized carbons (Fsp3) is 0.308. The predicted molar refractivity (Wildman–Crippen MR) is 70.6 cm³/mol. The molecule has 1 aliphatic carbocycles. The molecule has 0 aliphatic heterocycles. The summed E-state index contributed by atoms with van der Waals surface area (Å²) in [6, 6.07) is 6.37. The van der Waals surface area contributed by atoms with Crippen molar-refractivity contribution in [3.05, 3.63) is 35.1 Å². The maximum absolute atomic E-state index is 13.3. The van der Waals surface area contributed by atoms with E-state index < -0.39 is 0 Å². The van der Waals surface area contributed by atoms with Crippen LogP contribution in [0.2, 0.25) is 0 Å². The predicted octanol–water partition coefficient (Wildman–Crippen LogP) is 3.26. The van der Waals surface area contributed by atoms with Crippen LogP contribution < -0.4 is 0 Å². The third kappa shape index (κ3) is 1.74. The maximum atomic E-state index is 13.3. The zero-order valence-electron chi connectivity index (χ0n) is 10.1. The van der Waals surface area contributed by atoms with Crippen LogP contribution in [0.5, 0.6) is 0 Å². The molecule has 0 N–H and O–H groups in total. The van der Waals surface area contributed by atoms with Gasteiger partial charge in [0.25, 0.3) is 0 Å². The molecule has 96 valence electrons. The van der Waals surface area contributed by atoms with Crippen molar-refractivity contribution in [3.8, 4) is 11.4 Å². The van der Waals surface area contributed by atoms with E-state index in [4.69, 9.17) is 0 Å². The fourth-order valence-corrected chi connectivity index (χ4v) is 3.27. The molecule has 4 nitrogen and oxygen atoms in total. The molecular formula is C13H11FN4S. The van der Waals surface area contributed by atoms with E-state index in [2.05, 4.69) is 15.3 Å². The molecule has 6 heteroatoms. The molecule has 19 heavy (non-hydrogen) atoms. The number of nitrogens with zero attached hydrogens (tertiary/aromatic N) is 4. The quantitative estimate of drug-likeness (QED) is 0.720. The van der Waals surface area contributed by atoms with E-state index in [1.807, 2.05) is 6.07 Å². The Labute approximate surface area is 112 Å². The minimum Gasteiger partial charge on any atom is -0.207 e. The van der Waals surface area contributed by atoms with E-state index in [9.17, 15) is 4.39 Å². The molecule has 2 heterocycles. The van der Waals surface area contributed by atoms with Gasteiger partial charge in [-0.05, 0) is 25.0 Å². The largest absolute Gasteiger partial charge is 0.234 e. The lowest BCUT2D eigenvalue weighted by Crippen LogP contribution is -2.08. The summed E-state index contributed by atoms with van der Waals surface area (Å²) in [6.07, 6.45) is 3.69. The number of hydrogen-bond donors (Lipinski definition) is 0. The number of aromatic nitrogens is 4. The Kier molecular flexibility index (Phi) is 2.38. The van der Waals surface area contributed by atoms with Crippen LogP contribution in [0, 0.1) is 5.82 Å². The monoisotopic (exact) mass is 274 g/mol. The van der Waals surface area contributed by atoms with Gasteiger partial charge in [-0.25, -0.2) is 4.39 Å². The van der Waals surface area contributed by atoms with Crippen molar-refractivity contribution in [3.63, 3.8) is 0 Å². The zero-order valence-corrected chi connectivity index (χ0v) is 10.9. The molecule has 0 bridgehead atoms. The first-order valence-electron chi connectivity index (χ1n) is 6.29. The van der Waals surface area contributed by atoms with Crippen molar-refractivity contribution in [2.45, 2.75) is 25.2 Å². The molecule has 1 aromatic carbocycles. The highest BCUT2D eigenvalue weighted by molar-refractivity contribution is 7.16. The number of benzene rings is 1. The van der Waals surface area contributed by atoms with Gasteiger partial charge in [0.15, 0.2) is 5.82 Å². The van der Waals surface area contributed by atoms with E-state index in [-0.39, 0.29) is 5.82 Å². The highest BCUT2D eigenvalue weighted by Crippen LogP contribution is 2.38. The smallest absolute Gasteiger partial charge is 0.207 e. The minimum atomic E-state index is -0.274. The van der Waals surface area contributed by atoms with Gasteiger partial charge in [0, 0.05) is 11.5 Å². The Bertz CT molecular complexity index is 744. The van der Waals surface area contributed by atoms with Gasteiger partial charge in [0.05, 0.1) is 0 Å². The Hall–Kier alpha value is -1.82. The summed E-state index contributed by atoms with van der Waals surface area (Å²) in [5.74, 6) is 0.909. The number of fused-ring (bicyclic) bond motifs is 1. The summed E-state index contributed by atoms with van der Waals surface area (Å²) in [5.41, 5.74) is 0.706. The zero-order chi connectivity index (χ0) is 12.8. The van der Waals surface area contributed by atoms with Crippen LogP contribution in [-0.2, 0) is 0 Å². The van der Waals surface area contributed by atoms with E-state index in [0.29, 0.717) is 17.3 Å². The maximum Gasteiger partial charge on any atom is 0.234 e. The van der Waals surface area contributed by atoms with E-state index in [1.54, 1.807) is 21.9 Å². The van der Waals surface area contributed by atoms with Crippen molar-refractivity contribution in [1.82, 2.24) is 19.8 Å². The highest BCUT2D eigenvalue weighted by atomic mass is 32.1. The molecule has 0 radical (unpaired) electrons. The molecule has 1 saturated carbocycles. The van der Waals surface area contributed by atoms with E-state index in [1.165, 1.54) is 31.4 Å². The van der Waals surface area contributed by atoms with E-state index >= 15 is 0 Å². The molecule has 0 atom stereocenters. The van der Waals surface area contributed by atoms with Gasteiger partial charge in [0.2, 0.25) is 4.96 Å². The van der Waals surface area contributed by atoms with Gasteiger partial charge in [0.1, 0.15) is 10.8 Å². The molecule has 0 amide bonds. The topological polar surface area (TPSA) is 43.1 Å². The summed E-state index contributed by atoms with van der Waals surface area (Å²) in [5, 5.41) is 13.9. The third-order valence-corrected chi connectivity index (χ3v) is 4.61. The standard InChI is InChI=1S/C13H11FN4S/c14-10-6-2-5-9(7-10)11-15-16-13-18(11)17-12(19-13)8-3-1-4-8/h2,5-8H,1,3-4H2. The molecular weight excluding hydrogens is 263 g/mol. The second-order valence-corrected chi connectivity index (χ2v) is 5.78. The number of hydrogen-bond acceptors (Lipinski definition) is 4. The van der Waals surface area contributed by atoms with Gasteiger partial charge >= 0.3 is 0 Å². The lowest BCUT2D eigenvalue weighted by Gasteiger charge is -2.21. The van der Waals surface area contributed by atoms with E-state index in [0.717, 1.165) is 9.97 Å². The molecule has 4 rings (SSSR count). The van der Waals surface area contributed by atoms with Crippen LogP contribution in [0.1, 0.15) is 30.2 Å². The summed E-state index contributed by atoms with van der Waals surface area (Å²) >= 11 is 1.59. The van der Waals surface area contributed by atoms with Crippen molar-refractivity contribution < 1.29 is 4.39 Å². The van der Waals surface area contributed by atoms with Crippen molar-refractivity contribution in [1.29, 1.82) is 0 Å². The molecule has 2 aromatic heterocycles. The molecule has 1 aliphatic rings. The minimum absolute atomic E-state index is 0.274. The van der Waals surface area contributed by atoms with Crippen LogP contribution in [0.25, 0.3) is 16.3 Å². The molecule has 0 unspecified atom stereocenters. The third-order valence-electron chi connectivity index (χ3n) is 3.54. The molecule has 1 fully saturated rings. The Morgan fingerprint density at radius 1 is 1.26 bits per heavy atom. The average molecular weight is 274 g/mol. The summed E-state index contributed by atoms with van der Waals surface area (Å²) < 4.78 is 15.0. The summed E-state index contributed by atoms with van der Waals surface area (Å²) in [7, 11) is 0. The lowest BCUT2D eigenvalue weighted by atomic mass is 9.86. The average Bonchev–Trinajstić information content (AvgIpc) is 2.86. The first-order valence-corrected chi connectivity index (χ1v) is 7.11. The van der Waals surface area contributed by atoms with Crippen LogP contribution in [0.15, 0.2) is 24.3 Å². The van der Waals surface area contributed by atoms with Gasteiger partial charge < -0.3 is 0 Å². The lowest BCUT2D eigenvalue weighted by molar-refractivity contribution is 0.415. The molecule has 3 aromatic rings. The molecule has 0 saturated heterocycles. The van der Waals surface area contributed by atoms with Gasteiger partial charge in [-0.1, -0.05) is 29.9 Å². The van der Waals surface area contributed by atoms with Crippen molar-refractivity contribution in [2.75, 3.05) is 0 Å². The second kappa shape index (κ2) is 4.09. The first kappa shape index (κ1) is 11.0. The SMILES string of the molecule is Fc1cccc(-c2nnc3sc(C4CCC4)nn23)c1. The van der Waals surface area contributed by atoms with Gasteiger partial charge in [-0.2, -0.15) is 9.61 Å². The first-order chi connectivity index (χ1) is 9.31. The fourth-order valence-electron chi connectivity index (χ4n) is 2.26. The number of rotatable bonds is 2. The van der Waals surface area contributed by atoms with Gasteiger partial charge in [-0.15, -0.1) is 10.2 Å². The normalized spacial score (nSPS) is 15.8.